The molecule has 2 unspecified atom stereocenters. The lowest BCUT2D eigenvalue weighted by molar-refractivity contribution is -0.870. The molecule has 8 nitrogen and oxygen atoms in total. The quantitative estimate of drug-likeness (QED) is 0.0215. The van der Waals surface area contributed by atoms with Gasteiger partial charge in [0.05, 0.1) is 34.4 Å². The fourth-order valence-corrected chi connectivity index (χ4v) is 7.58. The Balaban J connectivity index is 4.15. The van der Waals surface area contributed by atoms with E-state index in [4.69, 9.17) is 18.5 Å². The van der Waals surface area contributed by atoms with E-state index in [2.05, 4.69) is 26.0 Å². The molecule has 0 fully saturated rings. The van der Waals surface area contributed by atoms with E-state index in [1.165, 1.54) is 173 Å². The van der Waals surface area contributed by atoms with Crippen LogP contribution in [0.5, 0.6) is 0 Å². The van der Waals surface area contributed by atoms with Crippen LogP contribution in [-0.4, -0.2) is 75.6 Å². The molecule has 0 saturated heterocycles. The van der Waals surface area contributed by atoms with Crippen LogP contribution in [0.1, 0.15) is 226 Å². The zero-order chi connectivity index (χ0) is 41.3. The zero-order valence-electron chi connectivity index (χ0n) is 37.9. The Morgan fingerprint density at radius 2 is 0.929 bits per heavy atom. The lowest BCUT2D eigenvalue weighted by atomic mass is 10.0. The Bertz CT molecular complexity index is 909. The van der Waals surface area contributed by atoms with Crippen molar-refractivity contribution in [2.24, 2.45) is 0 Å². The van der Waals surface area contributed by atoms with Crippen molar-refractivity contribution in [3.8, 4) is 0 Å². The summed E-state index contributed by atoms with van der Waals surface area (Å²) in [6.45, 7) is 5.65. The number of carbonyl (C=O) groups is 1. The topological polar surface area (TPSA) is 91.3 Å². The molecule has 9 heteroatoms. The van der Waals surface area contributed by atoms with E-state index in [9.17, 15) is 14.3 Å². The highest BCUT2D eigenvalue weighted by Crippen LogP contribution is 2.43. The van der Waals surface area contributed by atoms with E-state index in [1.807, 2.05) is 21.1 Å². The minimum absolute atomic E-state index is 0.0908. The third-order valence-electron chi connectivity index (χ3n) is 10.6. The van der Waals surface area contributed by atoms with Crippen molar-refractivity contribution in [2.45, 2.75) is 232 Å². The van der Waals surface area contributed by atoms with Crippen molar-refractivity contribution >= 4 is 13.8 Å². The van der Waals surface area contributed by atoms with Gasteiger partial charge in [-0.3, -0.25) is 13.8 Å². The summed E-state index contributed by atoms with van der Waals surface area (Å²) in [5, 5.41) is 0. The number of rotatable bonds is 45. The number of quaternary nitrogens is 1. The van der Waals surface area contributed by atoms with Crippen LogP contribution in [0.25, 0.3) is 0 Å². The molecular weight excluding hydrogens is 721 g/mol. The second-order valence-electron chi connectivity index (χ2n) is 17.5. The molecular formula is C47H95NO7P+. The SMILES string of the molecule is CCCCCCC/C=C\CCCCCCCCOCC(COP(=O)(O)OCC[N+](C)(C)C)OC(=O)CCCCCCCCCCCCCCCCCCCCC. The highest BCUT2D eigenvalue weighted by Gasteiger charge is 2.26. The average Bonchev–Trinajstić information content (AvgIpc) is 3.15. The van der Waals surface area contributed by atoms with Crippen LogP contribution in [-0.2, 0) is 27.9 Å². The van der Waals surface area contributed by atoms with Crippen molar-refractivity contribution in [3.63, 3.8) is 0 Å². The third-order valence-corrected chi connectivity index (χ3v) is 11.6. The monoisotopic (exact) mass is 817 g/mol. The normalized spacial score (nSPS) is 13.8. The summed E-state index contributed by atoms with van der Waals surface area (Å²) in [7, 11) is 1.68. The van der Waals surface area contributed by atoms with Crippen molar-refractivity contribution in [1.29, 1.82) is 0 Å². The summed E-state index contributed by atoms with van der Waals surface area (Å²) in [5.41, 5.74) is 0. The number of hydrogen-bond donors (Lipinski definition) is 1. The van der Waals surface area contributed by atoms with Crippen molar-refractivity contribution in [3.05, 3.63) is 12.2 Å². The average molecular weight is 817 g/mol. The van der Waals surface area contributed by atoms with Gasteiger partial charge in [-0.2, -0.15) is 0 Å². The van der Waals surface area contributed by atoms with Gasteiger partial charge in [0.1, 0.15) is 19.3 Å². The molecule has 0 aliphatic carbocycles. The number of nitrogens with zero attached hydrogens (tertiary/aromatic N) is 1. The maximum Gasteiger partial charge on any atom is 0.472 e. The number of esters is 1. The fraction of sp³-hybridized carbons (Fsp3) is 0.936. The number of phosphoric ester groups is 1. The molecule has 56 heavy (non-hydrogen) atoms. The second kappa shape index (κ2) is 41.0. The summed E-state index contributed by atoms with van der Waals surface area (Å²) in [4.78, 5) is 22.9. The Labute approximate surface area is 348 Å². The summed E-state index contributed by atoms with van der Waals surface area (Å²) in [6, 6.07) is 0. The van der Waals surface area contributed by atoms with E-state index >= 15 is 0 Å². The number of carbonyl (C=O) groups excluding carboxylic acids is 1. The Hall–Kier alpha value is -0.760. The molecule has 0 aromatic rings. The van der Waals surface area contributed by atoms with Crippen molar-refractivity contribution < 1.29 is 37.3 Å². The maximum absolute atomic E-state index is 12.7. The molecule has 0 amide bonds. The van der Waals surface area contributed by atoms with Gasteiger partial charge in [-0.25, -0.2) is 4.57 Å². The highest BCUT2D eigenvalue weighted by molar-refractivity contribution is 7.47. The molecule has 334 valence electrons. The van der Waals surface area contributed by atoms with Crippen molar-refractivity contribution in [2.75, 3.05) is 54.1 Å². The summed E-state index contributed by atoms with van der Waals surface area (Å²) in [6.07, 6.45) is 45.3. The predicted molar refractivity (Wildman–Crippen MR) is 238 cm³/mol. The Morgan fingerprint density at radius 1 is 0.536 bits per heavy atom. The van der Waals surface area contributed by atoms with Gasteiger partial charge in [-0.1, -0.05) is 193 Å². The van der Waals surface area contributed by atoms with Gasteiger partial charge in [-0.15, -0.1) is 0 Å². The van der Waals surface area contributed by atoms with Crippen molar-refractivity contribution in [1.82, 2.24) is 0 Å². The first-order valence-corrected chi connectivity index (χ1v) is 25.4. The maximum atomic E-state index is 12.7. The minimum Gasteiger partial charge on any atom is -0.457 e. The molecule has 1 N–H and O–H groups in total. The number of likely N-dealkylation sites (N-methyl/N-ethyl adjacent to an activating group) is 1. The molecule has 0 aliphatic rings. The number of allylic oxidation sites excluding steroid dienone is 2. The Kier molecular flexibility index (Phi) is 40.4. The van der Waals surface area contributed by atoms with E-state index < -0.39 is 13.9 Å². The summed E-state index contributed by atoms with van der Waals surface area (Å²) >= 11 is 0. The lowest BCUT2D eigenvalue weighted by Crippen LogP contribution is -2.37. The molecule has 0 aliphatic heterocycles. The van der Waals surface area contributed by atoms with Crippen LogP contribution < -0.4 is 0 Å². The van der Waals surface area contributed by atoms with Crippen LogP contribution in [0.2, 0.25) is 0 Å². The fourth-order valence-electron chi connectivity index (χ4n) is 6.84. The van der Waals surface area contributed by atoms with E-state index in [0.29, 0.717) is 24.1 Å². The first-order chi connectivity index (χ1) is 27.1. The van der Waals surface area contributed by atoms with Gasteiger partial charge < -0.3 is 18.9 Å². The van der Waals surface area contributed by atoms with Gasteiger partial charge >= 0.3 is 13.8 Å². The summed E-state index contributed by atoms with van der Waals surface area (Å²) < 4.78 is 35.1. The summed E-state index contributed by atoms with van der Waals surface area (Å²) in [5.74, 6) is -0.310. The van der Waals surface area contributed by atoms with Crippen LogP contribution >= 0.6 is 7.82 Å². The van der Waals surface area contributed by atoms with Crippen LogP contribution in [0.3, 0.4) is 0 Å². The number of hydrogen-bond acceptors (Lipinski definition) is 6. The number of unbranched alkanes of at least 4 members (excludes halogenated alkanes) is 29. The minimum atomic E-state index is -4.27. The van der Waals surface area contributed by atoms with E-state index in [1.54, 1.807) is 0 Å². The van der Waals surface area contributed by atoms with Gasteiger partial charge in [0.15, 0.2) is 0 Å². The molecule has 0 spiro atoms. The van der Waals surface area contributed by atoms with Gasteiger partial charge in [0.25, 0.3) is 0 Å². The molecule has 0 rings (SSSR count). The molecule has 0 saturated carbocycles. The van der Waals surface area contributed by atoms with Gasteiger partial charge in [0, 0.05) is 13.0 Å². The predicted octanol–water partition coefficient (Wildman–Crippen LogP) is 14.2. The zero-order valence-corrected chi connectivity index (χ0v) is 38.8. The molecule has 0 aromatic heterocycles. The van der Waals surface area contributed by atoms with Crippen LogP contribution in [0.4, 0.5) is 0 Å². The highest BCUT2D eigenvalue weighted by atomic mass is 31.2. The lowest BCUT2D eigenvalue weighted by Gasteiger charge is -2.24. The van der Waals surface area contributed by atoms with Gasteiger partial charge in [0.2, 0.25) is 0 Å². The van der Waals surface area contributed by atoms with Crippen LogP contribution in [0.15, 0.2) is 12.2 Å². The Morgan fingerprint density at radius 3 is 1.36 bits per heavy atom. The molecule has 0 radical (unpaired) electrons. The number of ether oxygens (including phenoxy) is 2. The molecule has 0 bridgehead atoms. The molecule has 2 atom stereocenters. The number of phosphoric acid groups is 1. The van der Waals surface area contributed by atoms with E-state index in [0.717, 1.165) is 32.1 Å². The van der Waals surface area contributed by atoms with Gasteiger partial charge in [-0.05, 0) is 38.5 Å². The first kappa shape index (κ1) is 55.2. The van der Waals surface area contributed by atoms with E-state index in [-0.39, 0.29) is 25.8 Å². The standard InChI is InChI=1S/C47H94NO7P/c1-6-8-10-12-14-16-18-20-22-23-24-25-26-28-30-32-34-36-38-40-47(49)55-46(45-54-56(50,51)53-43-41-48(3,4)5)44-52-42-39-37-35-33-31-29-27-21-19-17-15-13-11-9-7-2/h19,21,46H,6-18,20,22-45H2,1-5H3/p+1/b21-19-. The smallest absolute Gasteiger partial charge is 0.457 e. The molecule has 0 heterocycles. The largest absolute Gasteiger partial charge is 0.472 e. The first-order valence-electron chi connectivity index (χ1n) is 23.9. The third kappa shape index (κ3) is 44.3. The van der Waals surface area contributed by atoms with Crippen LogP contribution in [0, 0.1) is 0 Å². The second-order valence-corrected chi connectivity index (χ2v) is 19.0. The molecule has 0 aromatic carbocycles.